The normalized spacial score (nSPS) is 31.1. The highest BCUT2D eigenvalue weighted by atomic mass is 16.7. The van der Waals surface area contributed by atoms with E-state index in [9.17, 15) is 24.9 Å². The van der Waals surface area contributed by atoms with Crippen LogP contribution in [0.25, 0.3) is 0 Å². The van der Waals surface area contributed by atoms with Crippen LogP contribution in [0, 0.1) is 0 Å². The van der Waals surface area contributed by atoms with E-state index in [4.69, 9.17) is 38.3 Å². The standard InChI is InChI=1S/C35H36N2O13/c1-44-22-4-3-18-20-14-46-24-9-23-17(5-7-35(43)33(42)29(41)25(49-34(35)48-23)15-47-27(40)10-26(38)39)19(12-37-11-16-6-8-36-21(16)13-37)28(24)30(20)50-31(18)32(22)45-2/h3-4,6,8-9,13,20,25,29-30,33-34,41-43H,5,7,10-12,14-15H2,1-2H3,(H,38,39)/p+1/t20-,25+,29+,30+,33-,34+,35+/m0/s1. The summed E-state index contributed by atoms with van der Waals surface area (Å²) in [7, 11) is 3.14. The number of carboxylic acids is 1. The van der Waals surface area contributed by atoms with Crippen LogP contribution in [0.3, 0.4) is 0 Å². The second-order valence-corrected chi connectivity index (χ2v) is 13.2. The number of carboxylic acid groups (broad SMARTS) is 1. The van der Waals surface area contributed by atoms with Crippen LogP contribution in [-0.4, -0.2) is 103 Å². The molecule has 6 heterocycles. The fourth-order valence-electron chi connectivity index (χ4n) is 7.88. The van der Waals surface area contributed by atoms with E-state index in [1.54, 1.807) is 26.5 Å². The van der Waals surface area contributed by atoms with Crippen molar-refractivity contribution in [3.63, 3.8) is 0 Å². The number of aliphatic imine (C=N–C) groups is 1. The highest BCUT2D eigenvalue weighted by Crippen LogP contribution is 2.58. The van der Waals surface area contributed by atoms with E-state index in [1.165, 1.54) is 0 Å². The summed E-state index contributed by atoms with van der Waals surface area (Å²) in [6.45, 7) is 0.944. The van der Waals surface area contributed by atoms with Crippen LogP contribution in [0.1, 0.15) is 47.1 Å². The van der Waals surface area contributed by atoms with Gasteiger partial charge >= 0.3 is 11.9 Å². The van der Waals surface area contributed by atoms with E-state index < -0.39 is 61.3 Å². The minimum Gasteiger partial charge on any atom is -0.493 e. The number of esters is 1. The van der Waals surface area contributed by atoms with E-state index in [0.29, 0.717) is 48.4 Å². The van der Waals surface area contributed by atoms with Gasteiger partial charge in [0.2, 0.25) is 12.0 Å². The number of ether oxygens (including phenoxy) is 7. The summed E-state index contributed by atoms with van der Waals surface area (Å²) in [5, 5.41) is 42.9. The van der Waals surface area contributed by atoms with Gasteiger partial charge < -0.3 is 53.6 Å². The molecular weight excluding hydrogens is 656 g/mol. The Bertz CT molecular complexity index is 1860. The maximum Gasteiger partial charge on any atom is 0.317 e. The Morgan fingerprint density at radius 1 is 1.14 bits per heavy atom. The van der Waals surface area contributed by atoms with Crippen LogP contribution in [0.15, 0.2) is 46.7 Å². The van der Waals surface area contributed by atoms with Crippen molar-refractivity contribution < 1.29 is 68.1 Å². The molecule has 5 N–H and O–H groups in total. The molecule has 264 valence electrons. The second kappa shape index (κ2) is 12.3. The third-order valence-corrected chi connectivity index (χ3v) is 10.4. The number of carbonyl (C=O) groups excluding carboxylic acids is 1. The third-order valence-electron chi connectivity index (χ3n) is 10.4. The molecule has 6 aliphatic heterocycles. The number of benzene rings is 2. The van der Waals surface area contributed by atoms with Gasteiger partial charge in [0.1, 0.15) is 73.9 Å². The fourth-order valence-corrected chi connectivity index (χ4v) is 7.88. The Morgan fingerprint density at radius 2 is 1.98 bits per heavy atom. The highest BCUT2D eigenvalue weighted by molar-refractivity contribution is 5.90. The molecule has 8 rings (SSSR count). The first kappa shape index (κ1) is 32.5. The zero-order valence-electron chi connectivity index (χ0n) is 27.3. The van der Waals surface area contributed by atoms with Gasteiger partial charge in [0.25, 0.3) is 0 Å². The van der Waals surface area contributed by atoms with Crippen LogP contribution in [-0.2, 0) is 32.0 Å². The molecule has 2 aromatic rings. The molecule has 0 aliphatic carbocycles. The number of nitrogens with zero attached hydrogens (tertiary/aromatic N) is 1. The number of quaternary nitrogens is 1. The smallest absolute Gasteiger partial charge is 0.317 e. The van der Waals surface area contributed by atoms with Gasteiger partial charge in [0.15, 0.2) is 17.1 Å². The van der Waals surface area contributed by atoms with Gasteiger partial charge in [0, 0.05) is 40.1 Å². The van der Waals surface area contributed by atoms with Gasteiger partial charge in [-0.05, 0) is 25.0 Å². The molecule has 8 atom stereocenters. The molecule has 0 saturated carbocycles. The zero-order valence-corrected chi connectivity index (χ0v) is 27.3. The Kier molecular flexibility index (Phi) is 7.99. The van der Waals surface area contributed by atoms with Crippen molar-refractivity contribution in [2.75, 3.05) is 34.0 Å². The monoisotopic (exact) mass is 693 g/mol. The predicted molar refractivity (Wildman–Crippen MR) is 170 cm³/mol. The van der Waals surface area contributed by atoms with Crippen molar-refractivity contribution in [3.8, 4) is 28.7 Å². The lowest BCUT2D eigenvalue weighted by atomic mass is 9.81. The SMILES string of the molecule is COc1ccc2c(c1OC)O[C@H]1c3c(cc4c(c3C[NH+]3C=C5N=CC=C5C3)CC[C@]3(O)[C@H](O4)O[C@H](COC(=O)CC(=O)O)[C@@H](O)[C@@H]3O)OC[C@@H]21. The van der Waals surface area contributed by atoms with Crippen LogP contribution in [0.4, 0.5) is 0 Å². The molecule has 0 aromatic heterocycles. The maximum atomic E-state index is 11.9. The Balaban J connectivity index is 1.17. The topological polar surface area (TPSA) is 196 Å². The lowest BCUT2D eigenvalue weighted by Crippen LogP contribution is -3.05. The van der Waals surface area contributed by atoms with Gasteiger partial charge in [-0.15, -0.1) is 0 Å². The molecule has 15 heteroatoms. The second-order valence-electron chi connectivity index (χ2n) is 13.2. The summed E-state index contributed by atoms with van der Waals surface area (Å²) in [6, 6.07) is 5.55. The minimum absolute atomic E-state index is 0.0485. The Morgan fingerprint density at radius 3 is 2.74 bits per heavy atom. The number of methoxy groups -OCH3 is 2. The molecule has 0 bridgehead atoms. The van der Waals surface area contributed by atoms with Crippen molar-refractivity contribution >= 4 is 18.2 Å². The summed E-state index contributed by atoms with van der Waals surface area (Å²) in [5.41, 5.74) is 3.41. The number of allylic oxidation sites excluding steroid dienone is 1. The molecule has 1 saturated heterocycles. The molecular formula is C35H37N2O13+. The first-order valence-corrected chi connectivity index (χ1v) is 16.4. The van der Waals surface area contributed by atoms with E-state index >= 15 is 0 Å². The lowest BCUT2D eigenvalue weighted by Gasteiger charge is -2.46. The van der Waals surface area contributed by atoms with E-state index in [0.717, 1.165) is 38.4 Å². The summed E-state index contributed by atoms with van der Waals surface area (Å²) in [5.74, 6) is -0.0627. The average molecular weight is 694 g/mol. The zero-order chi connectivity index (χ0) is 34.9. The minimum atomic E-state index is -2.05. The van der Waals surface area contributed by atoms with Gasteiger partial charge in [0.05, 0.1) is 26.7 Å². The first-order chi connectivity index (χ1) is 24.1. The molecule has 1 fully saturated rings. The van der Waals surface area contributed by atoms with Crippen molar-refractivity contribution in [2.24, 2.45) is 4.99 Å². The number of aliphatic hydroxyl groups excluding tert-OH is 2. The maximum absolute atomic E-state index is 11.9. The summed E-state index contributed by atoms with van der Waals surface area (Å²) >= 11 is 0. The fraction of sp³-hybridized carbons (Fsp3) is 0.457. The summed E-state index contributed by atoms with van der Waals surface area (Å²) in [4.78, 5) is 28.4. The van der Waals surface area contributed by atoms with Gasteiger partial charge in [-0.3, -0.25) is 19.5 Å². The van der Waals surface area contributed by atoms with Crippen molar-refractivity contribution in [1.82, 2.24) is 0 Å². The number of aliphatic hydroxyl groups is 3. The number of fused-ring (bicyclic) bond motifs is 8. The molecule has 1 unspecified atom stereocenters. The molecule has 2 aromatic carbocycles. The van der Waals surface area contributed by atoms with Crippen LogP contribution in [0.5, 0.6) is 28.7 Å². The molecule has 15 nitrogen and oxygen atoms in total. The Labute approximate surface area is 285 Å². The number of hydrogen-bond acceptors (Lipinski definition) is 13. The van der Waals surface area contributed by atoms with Crippen molar-refractivity contribution in [3.05, 3.63) is 64.0 Å². The van der Waals surface area contributed by atoms with Gasteiger partial charge in [-0.25, -0.2) is 0 Å². The molecule has 6 aliphatic rings. The number of rotatable bonds is 8. The van der Waals surface area contributed by atoms with Gasteiger partial charge in [-0.1, -0.05) is 6.07 Å². The largest absolute Gasteiger partial charge is 0.493 e. The first-order valence-electron chi connectivity index (χ1n) is 16.4. The molecule has 0 spiro atoms. The molecule has 0 radical (unpaired) electrons. The van der Waals surface area contributed by atoms with Crippen LogP contribution >= 0.6 is 0 Å². The number of hydrogen-bond donors (Lipinski definition) is 5. The van der Waals surface area contributed by atoms with Crippen LogP contribution < -0.4 is 28.6 Å². The number of carbonyl (C=O) groups is 2. The number of nitrogens with one attached hydrogen (secondary N) is 1. The molecule has 50 heavy (non-hydrogen) atoms. The third kappa shape index (κ3) is 5.19. The quantitative estimate of drug-likeness (QED) is 0.185. The lowest BCUT2D eigenvalue weighted by molar-refractivity contribution is -0.851. The van der Waals surface area contributed by atoms with E-state index in [2.05, 4.69) is 11.2 Å². The van der Waals surface area contributed by atoms with Crippen molar-refractivity contribution in [2.45, 2.75) is 68.0 Å². The summed E-state index contributed by atoms with van der Waals surface area (Å²) < 4.78 is 41.8. The van der Waals surface area contributed by atoms with Crippen molar-refractivity contribution in [1.29, 1.82) is 0 Å². The van der Waals surface area contributed by atoms with Crippen LogP contribution in [0.2, 0.25) is 0 Å². The average Bonchev–Trinajstić information content (AvgIpc) is 3.77. The highest BCUT2D eigenvalue weighted by Gasteiger charge is 2.58. The Hall–Kier alpha value is -4.67. The van der Waals surface area contributed by atoms with E-state index in [1.807, 2.05) is 18.2 Å². The molecule has 0 amide bonds. The van der Waals surface area contributed by atoms with E-state index in [-0.39, 0.29) is 18.8 Å². The van der Waals surface area contributed by atoms with Gasteiger partial charge in [-0.2, -0.15) is 0 Å². The number of aliphatic carboxylic acids is 1. The predicted octanol–water partition coefficient (Wildman–Crippen LogP) is 0.0849. The summed E-state index contributed by atoms with van der Waals surface area (Å²) in [6.07, 6.45) is -1.47.